The first-order chi connectivity index (χ1) is 9.76. The number of ether oxygens (including phenoxy) is 1. The van der Waals surface area contributed by atoms with Gasteiger partial charge in [-0.15, -0.1) is 0 Å². The van der Waals surface area contributed by atoms with Gasteiger partial charge in [-0.2, -0.15) is 0 Å². The van der Waals surface area contributed by atoms with Gasteiger partial charge in [-0.05, 0) is 44.7 Å². The molecular weight excluding hydrogens is 248 g/mol. The van der Waals surface area contributed by atoms with Crippen molar-refractivity contribution in [2.75, 3.05) is 6.61 Å². The summed E-state index contributed by atoms with van der Waals surface area (Å²) in [4.78, 5) is 4.57. The summed E-state index contributed by atoms with van der Waals surface area (Å²) in [7, 11) is 0. The monoisotopic (exact) mass is 274 g/mol. The number of aromatic nitrogens is 1. The number of pyridine rings is 1. The SMILES string of the molecule is Cc1cccc(CNC2CCOC3(CCCCC3)C2)n1. The minimum absolute atomic E-state index is 0.189. The van der Waals surface area contributed by atoms with Crippen molar-refractivity contribution in [3.63, 3.8) is 0 Å². The van der Waals surface area contributed by atoms with E-state index in [2.05, 4.69) is 35.4 Å². The van der Waals surface area contributed by atoms with E-state index in [0.29, 0.717) is 6.04 Å². The van der Waals surface area contributed by atoms with Crippen molar-refractivity contribution in [2.24, 2.45) is 0 Å². The van der Waals surface area contributed by atoms with Crippen molar-refractivity contribution in [1.29, 1.82) is 0 Å². The Morgan fingerprint density at radius 2 is 2.15 bits per heavy atom. The molecule has 2 aliphatic rings. The van der Waals surface area contributed by atoms with Crippen LogP contribution in [0.25, 0.3) is 0 Å². The molecule has 1 saturated heterocycles. The van der Waals surface area contributed by atoms with Crippen molar-refractivity contribution >= 4 is 0 Å². The zero-order valence-electron chi connectivity index (χ0n) is 12.5. The van der Waals surface area contributed by atoms with Crippen LogP contribution in [0.5, 0.6) is 0 Å². The van der Waals surface area contributed by atoms with E-state index in [1.165, 1.54) is 38.5 Å². The van der Waals surface area contributed by atoms with Gasteiger partial charge < -0.3 is 10.1 Å². The predicted molar refractivity (Wildman–Crippen MR) is 80.6 cm³/mol. The molecule has 2 fully saturated rings. The largest absolute Gasteiger partial charge is 0.375 e. The summed E-state index contributed by atoms with van der Waals surface area (Å²) < 4.78 is 6.15. The molecule has 0 aromatic carbocycles. The Hall–Kier alpha value is -0.930. The number of aryl methyl sites for hydroxylation is 1. The summed E-state index contributed by atoms with van der Waals surface area (Å²) in [6.45, 7) is 3.84. The Balaban J connectivity index is 1.55. The molecule has 0 bridgehead atoms. The first-order valence-electron chi connectivity index (χ1n) is 8.06. The van der Waals surface area contributed by atoms with Gasteiger partial charge in [0.1, 0.15) is 0 Å². The molecule has 0 amide bonds. The molecule has 0 radical (unpaired) electrons. The topological polar surface area (TPSA) is 34.1 Å². The van der Waals surface area contributed by atoms with Gasteiger partial charge in [-0.25, -0.2) is 0 Å². The average molecular weight is 274 g/mol. The molecule has 1 aromatic heterocycles. The predicted octanol–water partition coefficient (Wildman–Crippen LogP) is 3.36. The summed E-state index contributed by atoms with van der Waals surface area (Å²) in [5.41, 5.74) is 2.43. The van der Waals surface area contributed by atoms with E-state index >= 15 is 0 Å². The highest BCUT2D eigenvalue weighted by Gasteiger charge is 2.38. The second-order valence-electron chi connectivity index (χ2n) is 6.43. The van der Waals surface area contributed by atoms with Crippen LogP contribution in [0.3, 0.4) is 0 Å². The second-order valence-corrected chi connectivity index (χ2v) is 6.43. The lowest BCUT2D eigenvalue weighted by atomic mass is 9.78. The summed E-state index contributed by atoms with van der Waals surface area (Å²) in [6.07, 6.45) is 8.89. The van der Waals surface area contributed by atoms with Crippen LogP contribution in [-0.4, -0.2) is 23.2 Å². The minimum atomic E-state index is 0.189. The van der Waals surface area contributed by atoms with Crippen molar-refractivity contribution in [2.45, 2.75) is 70.1 Å². The first kappa shape index (κ1) is 14.0. The normalized spacial score (nSPS) is 25.8. The number of nitrogens with one attached hydrogen (secondary N) is 1. The van der Waals surface area contributed by atoms with Crippen LogP contribution in [0.15, 0.2) is 18.2 Å². The van der Waals surface area contributed by atoms with Crippen molar-refractivity contribution in [3.8, 4) is 0 Å². The minimum Gasteiger partial charge on any atom is -0.375 e. The summed E-state index contributed by atoms with van der Waals surface area (Å²) in [6, 6.07) is 6.83. The lowest BCUT2D eigenvalue weighted by molar-refractivity contribution is -0.109. The van der Waals surface area contributed by atoms with E-state index in [-0.39, 0.29) is 5.60 Å². The van der Waals surface area contributed by atoms with Crippen LogP contribution in [0, 0.1) is 6.92 Å². The van der Waals surface area contributed by atoms with Crippen LogP contribution in [0.4, 0.5) is 0 Å². The van der Waals surface area contributed by atoms with E-state index in [9.17, 15) is 0 Å². The van der Waals surface area contributed by atoms with Gasteiger partial charge in [-0.1, -0.05) is 25.3 Å². The van der Waals surface area contributed by atoms with Gasteiger partial charge >= 0.3 is 0 Å². The molecule has 20 heavy (non-hydrogen) atoms. The quantitative estimate of drug-likeness (QED) is 0.917. The smallest absolute Gasteiger partial charge is 0.0697 e. The standard InChI is InChI=1S/C17H26N2O/c1-14-6-5-7-16(19-14)13-18-15-8-11-20-17(12-15)9-3-2-4-10-17/h5-7,15,18H,2-4,8-13H2,1H3. The van der Waals surface area contributed by atoms with Crippen LogP contribution in [-0.2, 0) is 11.3 Å². The van der Waals surface area contributed by atoms with Gasteiger partial charge in [0.05, 0.1) is 11.3 Å². The van der Waals surface area contributed by atoms with E-state index < -0.39 is 0 Å². The number of hydrogen-bond donors (Lipinski definition) is 1. The molecule has 1 unspecified atom stereocenters. The summed E-state index contributed by atoms with van der Waals surface area (Å²) in [5.74, 6) is 0. The van der Waals surface area contributed by atoms with Gasteiger partial charge in [0.15, 0.2) is 0 Å². The molecule has 110 valence electrons. The van der Waals surface area contributed by atoms with Crippen LogP contribution < -0.4 is 5.32 Å². The third kappa shape index (κ3) is 3.39. The lowest BCUT2D eigenvalue weighted by Crippen LogP contribution is -2.47. The molecule has 1 N–H and O–H groups in total. The Bertz CT molecular complexity index is 435. The summed E-state index contributed by atoms with van der Waals surface area (Å²) in [5, 5.41) is 3.69. The van der Waals surface area contributed by atoms with E-state index in [0.717, 1.165) is 31.0 Å². The Morgan fingerprint density at radius 1 is 1.30 bits per heavy atom. The molecule has 1 aliphatic carbocycles. The molecule has 3 rings (SSSR count). The molecule has 3 heteroatoms. The fourth-order valence-electron chi connectivity index (χ4n) is 3.69. The van der Waals surface area contributed by atoms with Crippen LogP contribution in [0.1, 0.15) is 56.3 Å². The second kappa shape index (κ2) is 6.23. The highest BCUT2D eigenvalue weighted by molar-refractivity contribution is 5.09. The van der Waals surface area contributed by atoms with E-state index in [1.54, 1.807) is 0 Å². The van der Waals surface area contributed by atoms with Gasteiger partial charge in [0, 0.05) is 24.9 Å². The Kier molecular flexibility index (Phi) is 4.37. The highest BCUT2D eigenvalue weighted by Crippen LogP contribution is 2.38. The van der Waals surface area contributed by atoms with Gasteiger partial charge in [-0.3, -0.25) is 4.98 Å². The van der Waals surface area contributed by atoms with Crippen LogP contribution in [0.2, 0.25) is 0 Å². The fourth-order valence-corrected chi connectivity index (χ4v) is 3.69. The lowest BCUT2D eigenvalue weighted by Gasteiger charge is -2.43. The number of rotatable bonds is 3. The van der Waals surface area contributed by atoms with Crippen LogP contribution >= 0.6 is 0 Å². The molecule has 1 aliphatic heterocycles. The third-order valence-electron chi connectivity index (χ3n) is 4.78. The highest BCUT2D eigenvalue weighted by atomic mass is 16.5. The molecule has 1 saturated carbocycles. The third-order valence-corrected chi connectivity index (χ3v) is 4.78. The van der Waals surface area contributed by atoms with E-state index in [1.807, 2.05) is 0 Å². The summed E-state index contributed by atoms with van der Waals surface area (Å²) >= 11 is 0. The number of nitrogens with zero attached hydrogens (tertiary/aromatic N) is 1. The maximum absolute atomic E-state index is 6.15. The zero-order chi connectivity index (χ0) is 13.8. The maximum atomic E-state index is 6.15. The Labute approximate surface area is 122 Å². The molecular formula is C17H26N2O. The van der Waals surface area contributed by atoms with Crippen molar-refractivity contribution < 1.29 is 4.74 Å². The van der Waals surface area contributed by atoms with E-state index in [4.69, 9.17) is 4.74 Å². The molecule has 2 heterocycles. The van der Waals surface area contributed by atoms with Crippen molar-refractivity contribution in [1.82, 2.24) is 10.3 Å². The number of hydrogen-bond acceptors (Lipinski definition) is 3. The maximum Gasteiger partial charge on any atom is 0.0697 e. The molecule has 1 spiro atoms. The molecule has 3 nitrogen and oxygen atoms in total. The molecule has 1 aromatic rings. The van der Waals surface area contributed by atoms with Gasteiger partial charge in [0.25, 0.3) is 0 Å². The zero-order valence-corrected chi connectivity index (χ0v) is 12.5. The van der Waals surface area contributed by atoms with Gasteiger partial charge in [0.2, 0.25) is 0 Å². The molecule has 1 atom stereocenters. The average Bonchev–Trinajstić information content (AvgIpc) is 2.46. The first-order valence-corrected chi connectivity index (χ1v) is 8.06. The van der Waals surface area contributed by atoms with Crippen molar-refractivity contribution in [3.05, 3.63) is 29.6 Å². The Morgan fingerprint density at radius 3 is 2.95 bits per heavy atom. The fraction of sp³-hybridized carbons (Fsp3) is 0.706.